The Kier molecular flexibility index (Phi) is 4.95. The van der Waals surface area contributed by atoms with Gasteiger partial charge in [-0.05, 0) is 43.0 Å². The van der Waals surface area contributed by atoms with E-state index in [1.807, 2.05) is 18.0 Å². The molecule has 0 bridgehead atoms. The van der Waals surface area contributed by atoms with Gasteiger partial charge in [0.1, 0.15) is 23.6 Å². The summed E-state index contributed by atoms with van der Waals surface area (Å²) in [6.45, 7) is 0. The Morgan fingerprint density at radius 1 is 1.20 bits per heavy atom. The standard InChI is InChI=1S/C19H18F4N4O2S/c1-27(18-14-4-5-24-17(14)25-10-26-18)12-6-11(7-12)9-30(28,29)13-2-3-15(16(20)8-13)19(21,22)23/h2-5,8,10-12H,6-7,9H2,1H3,(H,24,25,26)/t11-,12+. The quantitative estimate of drug-likeness (QED) is 0.608. The molecule has 11 heteroatoms. The van der Waals surface area contributed by atoms with Gasteiger partial charge in [-0.2, -0.15) is 13.2 Å². The Morgan fingerprint density at radius 2 is 1.93 bits per heavy atom. The molecule has 4 rings (SSSR count). The number of aromatic amines is 1. The third-order valence-corrected chi connectivity index (χ3v) is 7.37. The molecule has 2 aromatic heterocycles. The van der Waals surface area contributed by atoms with Crippen LogP contribution in [0.4, 0.5) is 23.4 Å². The molecule has 1 saturated carbocycles. The zero-order chi connectivity index (χ0) is 21.7. The Balaban J connectivity index is 1.43. The number of H-pyrrole nitrogens is 1. The van der Waals surface area contributed by atoms with Crippen molar-refractivity contribution in [3.63, 3.8) is 0 Å². The summed E-state index contributed by atoms with van der Waals surface area (Å²) in [6, 6.07) is 3.66. The van der Waals surface area contributed by atoms with Gasteiger partial charge in [0, 0.05) is 19.3 Å². The van der Waals surface area contributed by atoms with Crippen LogP contribution >= 0.6 is 0 Å². The van der Waals surface area contributed by atoms with E-state index in [4.69, 9.17) is 0 Å². The zero-order valence-corrected chi connectivity index (χ0v) is 16.6. The number of alkyl halides is 3. The van der Waals surface area contributed by atoms with Crippen LogP contribution in [0.25, 0.3) is 11.0 Å². The van der Waals surface area contributed by atoms with E-state index >= 15 is 0 Å². The van der Waals surface area contributed by atoms with Crippen molar-refractivity contribution in [2.45, 2.75) is 30.0 Å². The van der Waals surface area contributed by atoms with E-state index in [2.05, 4.69) is 15.0 Å². The number of halogens is 4. The molecule has 3 aromatic rings. The number of aromatic nitrogens is 3. The molecule has 2 heterocycles. The van der Waals surface area contributed by atoms with Crippen LogP contribution in [-0.2, 0) is 16.0 Å². The van der Waals surface area contributed by atoms with Gasteiger partial charge in [-0.25, -0.2) is 22.8 Å². The fourth-order valence-corrected chi connectivity index (χ4v) is 5.43. The Bertz CT molecular complexity index is 1190. The van der Waals surface area contributed by atoms with Crippen molar-refractivity contribution >= 4 is 26.7 Å². The smallest absolute Gasteiger partial charge is 0.356 e. The number of fused-ring (bicyclic) bond motifs is 1. The molecule has 1 aliphatic carbocycles. The maximum atomic E-state index is 13.8. The summed E-state index contributed by atoms with van der Waals surface area (Å²) in [7, 11) is -2.03. The van der Waals surface area contributed by atoms with Gasteiger partial charge >= 0.3 is 6.18 Å². The number of anilines is 1. The predicted octanol–water partition coefficient (Wildman–Crippen LogP) is 3.80. The molecule has 0 radical (unpaired) electrons. The molecule has 0 atom stereocenters. The van der Waals surface area contributed by atoms with E-state index in [1.54, 1.807) is 6.20 Å². The number of sulfone groups is 1. The highest BCUT2D eigenvalue weighted by Gasteiger charge is 2.38. The van der Waals surface area contributed by atoms with Crippen LogP contribution in [0, 0.1) is 11.7 Å². The van der Waals surface area contributed by atoms with Gasteiger partial charge in [0.25, 0.3) is 0 Å². The molecule has 30 heavy (non-hydrogen) atoms. The summed E-state index contributed by atoms with van der Waals surface area (Å²) in [5, 5.41) is 0.858. The molecule has 0 amide bonds. The molecule has 1 aliphatic rings. The van der Waals surface area contributed by atoms with Crippen LogP contribution in [0.1, 0.15) is 18.4 Å². The number of rotatable bonds is 5. The van der Waals surface area contributed by atoms with Crippen molar-refractivity contribution < 1.29 is 26.0 Å². The maximum Gasteiger partial charge on any atom is 0.419 e. The fraction of sp³-hybridized carbons (Fsp3) is 0.368. The second kappa shape index (κ2) is 7.22. The van der Waals surface area contributed by atoms with E-state index in [1.165, 1.54) is 6.33 Å². The van der Waals surface area contributed by atoms with Crippen molar-refractivity contribution in [3.05, 3.63) is 48.2 Å². The molecule has 0 saturated heterocycles. The van der Waals surface area contributed by atoms with Gasteiger partial charge in [-0.3, -0.25) is 0 Å². The fourth-order valence-electron chi connectivity index (χ4n) is 3.79. The minimum absolute atomic E-state index is 0.0718. The minimum Gasteiger partial charge on any atom is -0.356 e. The van der Waals surface area contributed by atoms with Gasteiger partial charge in [0.2, 0.25) is 0 Å². The van der Waals surface area contributed by atoms with Gasteiger partial charge < -0.3 is 9.88 Å². The molecule has 0 spiro atoms. The topological polar surface area (TPSA) is 79.0 Å². The normalized spacial score (nSPS) is 19.6. The van der Waals surface area contributed by atoms with Crippen LogP contribution in [-0.4, -0.2) is 42.2 Å². The average Bonchev–Trinajstić information content (AvgIpc) is 3.11. The monoisotopic (exact) mass is 442 g/mol. The van der Waals surface area contributed by atoms with E-state index in [0.29, 0.717) is 30.6 Å². The molecule has 1 aromatic carbocycles. The molecule has 0 aliphatic heterocycles. The number of hydrogen-bond donors (Lipinski definition) is 1. The molecular weight excluding hydrogens is 424 g/mol. The summed E-state index contributed by atoms with van der Waals surface area (Å²) in [5.41, 5.74) is -0.776. The molecule has 6 nitrogen and oxygen atoms in total. The largest absolute Gasteiger partial charge is 0.419 e. The third-order valence-electron chi connectivity index (χ3n) is 5.49. The minimum atomic E-state index is -4.87. The summed E-state index contributed by atoms with van der Waals surface area (Å²) in [4.78, 5) is 13.0. The summed E-state index contributed by atoms with van der Waals surface area (Å²) in [5.74, 6) is -1.27. The number of hydrogen-bond acceptors (Lipinski definition) is 5. The maximum absolute atomic E-state index is 13.8. The lowest BCUT2D eigenvalue weighted by atomic mass is 9.81. The molecule has 1 fully saturated rings. The van der Waals surface area contributed by atoms with Crippen LogP contribution < -0.4 is 4.90 Å². The van der Waals surface area contributed by atoms with Gasteiger partial charge in [-0.1, -0.05) is 0 Å². The van der Waals surface area contributed by atoms with Crippen molar-refractivity contribution in [2.75, 3.05) is 17.7 Å². The van der Waals surface area contributed by atoms with Crippen LogP contribution in [0.5, 0.6) is 0 Å². The lowest BCUT2D eigenvalue weighted by Crippen LogP contribution is -2.45. The Hall–Kier alpha value is -2.69. The van der Waals surface area contributed by atoms with Crippen molar-refractivity contribution in [3.8, 4) is 0 Å². The molecule has 1 N–H and O–H groups in total. The molecular formula is C19H18F4N4O2S. The summed E-state index contributed by atoms with van der Waals surface area (Å²) >= 11 is 0. The molecule has 160 valence electrons. The van der Waals surface area contributed by atoms with Crippen molar-refractivity contribution in [1.82, 2.24) is 15.0 Å². The SMILES string of the molecule is CN(c1ncnc2[nH]ccc12)[C@H]1C[C@@H](CS(=O)(=O)c2ccc(C(F)(F)F)c(F)c2)C1. The Labute approximate surface area is 169 Å². The predicted molar refractivity (Wildman–Crippen MR) is 102 cm³/mol. The van der Waals surface area contributed by atoms with Crippen LogP contribution in [0.15, 0.2) is 41.7 Å². The second-order valence-electron chi connectivity index (χ2n) is 7.46. The highest BCUT2D eigenvalue weighted by Crippen LogP contribution is 2.37. The van der Waals surface area contributed by atoms with Crippen molar-refractivity contribution in [2.24, 2.45) is 5.92 Å². The number of benzene rings is 1. The summed E-state index contributed by atoms with van der Waals surface area (Å²) in [6.07, 6.45) is -0.506. The first-order chi connectivity index (χ1) is 14.1. The average molecular weight is 442 g/mol. The third kappa shape index (κ3) is 3.73. The zero-order valence-electron chi connectivity index (χ0n) is 15.8. The second-order valence-corrected chi connectivity index (χ2v) is 9.49. The first kappa shape index (κ1) is 20.6. The highest BCUT2D eigenvalue weighted by molar-refractivity contribution is 7.91. The van der Waals surface area contributed by atoms with Crippen LogP contribution in [0.3, 0.4) is 0 Å². The lowest BCUT2D eigenvalue weighted by Gasteiger charge is -2.41. The molecule has 0 unspecified atom stereocenters. The number of nitrogens with zero attached hydrogens (tertiary/aromatic N) is 3. The van der Waals surface area contributed by atoms with Crippen LogP contribution in [0.2, 0.25) is 0 Å². The van der Waals surface area contributed by atoms with Gasteiger partial charge in [-0.15, -0.1) is 0 Å². The van der Waals surface area contributed by atoms with Crippen molar-refractivity contribution in [1.29, 1.82) is 0 Å². The highest BCUT2D eigenvalue weighted by atomic mass is 32.2. The van der Waals surface area contributed by atoms with Gasteiger partial charge in [0.15, 0.2) is 9.84 Å². The first-order valence-electron chi connectivity index (χ1n) is 9.16. The van der Waals surface area contributed by atoms with E-state index < -0.39 is 32.3 Å². The van der Waals surface area contributed by atoms with E-state index in [9.17, 15) is 26.0 Å². The summed E-state index contributed by atoms with van der Waals surface area (Å²) < 4.78 is 76.9. The van der Waals surface area contributed by atoms with Gasteiger partial charge in [0.05, 0.1) is 21.6 Å². The Morgan fingerprint density at radius 3 is 2.60 bits per heavy atom. The van der Waals surface area contributed by atoms with E-state index in [-0.39, 0.29) is 17.7 Å². The van der Waals surface area contributed by atoms with E-state index in [0.717, 1.165) is 17.3 Å². The number of nitrogens with one attached hydrogen (secondary N) is 1. The lowest BCUT2D eigenvalue weighted by molar-refractivity contribution is -0.140. The first-order valence-corrected chi connectivity index (χ1v) is 10.8.